The molecule has 0 bridgehead atoms. The molecule has 1 aromatic heterocycles. The summed E-state index contributed by atoms with van der Waals surface area (Å²) in [4.78, 5) is 4.02. The van der Waals surface area contributed by atoms with Crippen LogP contribution in [0.3, 0.4) is 0 Å². The van der Waals surface area contributed by atoms with E-state index in [0.29, 0.717) is 21.9 Å². The number of anilines is 1. The molecule has 1 aromatic carbocycles. The van der Waals surface area contributed by atoms with Crippen molar-refractivity contribution in [3.05, 3.63) is 45.7 Å². The number of pyridine rings is 1. The second-order valence-corrected chi connectivity index (χ2v) is 5.06. The fourth-order valence-electron chi connectivity index (χ4n) is 1.55. The third-order valence-electron chi connectivity index (χ3n) is 2.57. The Morgan fingerprint density at radius 1 is 1.42 bits per heavy atom. The Labute approximate surface area is 124 Å². The van der Waals surface area contributed by atoms with Crippen LogP contribution in [0.25, 0.3) is 0 Å². The van der Waals surface area contributed by atoms with Gasteiger partial charge in [0.05, 0.1) is 23.5 Å². The fourth-order valence-corrected chi connectivity index (χ4v) is 2.00. The van der Waals surface area contributed by atoms with Crippen LogP contribution in [-0.2, 0) is 6.54 Å². The molecule has 4 nitrogen and oxygen atoms in total. The third kappa shape index (κ3) is 3.52. The van der Waals surface area contributed by atoms with Gasteiger partial charge in [-0.3, -0.25) is 0 Å². The number of phenols is 1. The molecule has 0 aliphatic rings. The van der Waals surface area contributed by atoms with Gasteiger partial charge >= 0.3 is 0 Å². The van der Waals surface area contributed by atoms with Gasteiger partial charge in [0, 0.05) is 12.1 Å². The van der Waals surface area contributed by atoms with E-state index in [9.17, 15) is 5.11 Å². The lowest BCUT2D eigenvalue weighted by atomic mass is 10.2. The van der Waals surface area contributed by atoms with Gasteiger partial charge in [0.1, 0.15) is 16.7 Å². The first-order chi connectivity index (χ1) is 9.10. The average molecular weight is 344 g/mol. The van der Waals surface area contributed by atoms with Crippen LogP contribution in [-0.4, -0.2) is 17.2 Å². The van der Waals surface area contributed by atoms with E-state index >= 15 is 0 Å². The number of aromatic nitrogens is 1. The highest BCUT2D eigenvalue weighted by molar-refractivity contribution is 9.10. The zero-order valence-corrected chi connectivity index (χ0v) is 12.5. The zero-order chi connectivity index (χ0) is 13.8. The number of benzene rings is 1. The number of nitrogens with one attached hydrogen (secondary N) is 1. The fraction of sp³-hybridized carbons (Fsp3) is 0.154. The minimum Gasteiger partial charge on any atom is -0.508 e. The van der Waals surface area contributed by atoms with Crippen molar-refractivity contribution >= 4 is 33.2 Å². The lowest BCUT2D eigenvalue weighted by Crippen LogP contribution is -2.00. The van der Waals surface area contributed by atoms with Crippen molar-refractivity contribution in [1.29, 1.82) is 0 Å². The van der Waals surface area contributed by atoms with Gasteiger partial charge in [-0.2, -0.15) is 0 Å². The first kappa shape index (κ1) is 14.0. The monoisotopic (exact) mass is 342 g/mol. The zero-order valence-electron chi connectivity index (χ0n) is 10.2. The summed E-state index contributed by atoms with van der Waals surface area (Å²) in [6.07, 6.45) is 1.63. The summed E-state index contributed by atoms with van der Waals surface area (Å²) < 4.78 is 5.84. The number of ether oxygens (including phenoxy) is 1. The van der Waals surface area contributed by atoms with E-state index in [1.807, 2.05) is 6.07 Å². The molecule has 1 heterocycles. The number of rotatable bonds is 4. The second kappa shape index (κ2) is 6.12. The van der Waals surface area contributed by atoms with E-state index in [0.717, 1.165) is 11.3 Å². The van der Waals surface area contributed by atoms with Crippen LogP contribution in [0.15, 0.2) is 34.9 Å². The molecule has 0 saturated heterocycles. The predicted molar refractivity (Wildman–Crippen MR) is 78.9 cm³/mol. The molecule has 0 radical (unpaired) electrons. The molecule has 0 aliphatic carbocycles. The molecule has 0 amide bonds. The average Bonchev–Trinajstić information content (AvgIpc) is 2.41. The van der Waals surface area contributed by atoms with Crippen LogP contribution in [0, 0.1) is 0 Å². The smallest absolute Gasteiger partial charge is 0.143 e. The number of halogens is 2. The Morgan fingerprint density at radius 2 is 2.21 bits per heavy atom. The minimum absolute atomic E-state index is 0.217. The third-order valence-corrected chi connectivity index (χ3v) is 3.70. The van der Waals surface area contributed by atoms with Crippen LogP contribution in [0.1, 0.15) is 5.56 Å². The standard InChI is InChI=1S/C13H12BrClN2O2/c1-19-10-2-3-12(18)8(4-10)6-16-9-5-11(14)13(15)17-7-9/h2-5,7,16,18H,6H2,1H3. The van der Waals surface area contributed by atoms with Crippen molar-refractivity contribution in [2.24, 2.45) is 0 Å². The number of aromatic hydroxyl groups is 1. The molecule has 2 aromatic rings. The van der Waals surface area contributed by atoms with Gasteiger partial charge in [0.2, 0.25) is 0 Å². The predicted octanol–water partition coefficient (Wildman–Crippen LogP) is 3.82. The quantitative estimate of drug-likeness (QED) is 0.829. The highest BCUT2D eigenvalue weighted by Crippen LogP contribution is 2.26. The summed E-state index contributed by atoms with van der Waals surface area (Å²) in [6.45, 7) is 0.457. The molecule has 0 atom stereocenters. The van der Waals surface area contributed by atoms with E-state index in [1.54, 1.807) is 31.5 Å². The Bertz CT molecular complexity index is 593. The van der Waals surface area contributed by atoms with Gasteiger partial charge in [-0.05, 0) is 40.2 Å². The largest absolute Gasteiger partial charge is 0.508 e. The molecule has 2 N–H and O–H groups in total. The summed E-state index contributed by atoms with van der Waals surface area (Å²) >= 11 is 9.13. The van der Waals surface area contributed by atoms with Crippen molar-refractivity contribution in [3.8, 4) is 11.5 Å². The summed E-state index contributed by atoms with van der Waals surface area (Å²) in [5.74, 6) is 0.916. The number of hydrogen-bond acceptors (Lipinski definition) is 4. The second-order valence-electron chi connectivity index (χ2n) is 3.84. The molecule has 0 aliphatic heterocycles. The maximum Gasteiger partial charge on any atom is 0.143 e. The molecule has 19 heavy (non-hydrogen) atoms. The molecule has 0 fully saturated rings. The van der Waals surface area contributed by atoms with Crippen molar-refractivity contribution in [2.45, 2.75) is 6.54 Å². The summed E-state index contributed by atoms with van der Waals surface area (Å²) in [7, 11) is 1.59. The Balaban J connectivity index is 2.11. The van der Waals surface area contributed by atoms with E-state index in [1.165, 1.54) is 0 Å². The highest BCUT2D eigenvalue weighted by Gasteiger charge is 2.05. The van der Waals surface area contributed by atoms with Crippen LogP contribution in [0.4, 0.5) is 5.69 Å². The van der Waals surface area contributed by atoms with Gasteiger partial charge in [0.15, 0.2) is 0 Å². The molecule has 0 unspecified atom stereocenters. The normalized spacial score (nSPS) is 10.3. The van der Waals surface area contributed by atoms with Crippen molar-refractivity contribution in [1.82, 2.24) is 4.98 Å². The van der Waals surface area contributed by atoms with E-state index in [2.05, 4.69) is 26.2 Å². The summed E-state index contributed by atoms with van der Waals surface area (Å²) in [5.41, 5.74) is 1.55. The van der Waals surface area contributed by atoms with Gasteiger partial charge in [-0.1, -0.05) is 11.6 Å². The molecule has 0 spiro atoms. The van der Waals surface area contributed by atoms with Crippen LogP contribution < -0.4 is 10.1 Å². The van der Waals surface area contributed by atoms with E-state index < -0.39 is 0 Å². The van der Waals surface area contributed by atoms with Crippen LogP contribution >= 0.6 is 27.5 Å². The lowest BCUT2D eigenvalue weighted by molar-refractivity contribution is 0.411. The maximum atomic E-state index is 9.77. The topological polar surface area (TPSA) is 54.4 Å². The summed E-state index contributed by atoms with van der Waals surface area (Å²) in [6, 6.07) is 6.92. The van der Waals surface area contributed by atoms with Gasteiger partial charge in [-0.25, -0.2) is 4.98 Å². The molecule has 0 saturated carbocycles. The van der Waals surface area contributed by atoms with Crippen LogP contribution in [0.5, 0.6) is 11.5 Å². The Morgan fingerprint density at radius 3 is 2.89 bits per heavy atom. The molecule has 6 heteroatoms. The van der Waals surface area contributed by atoms with Crippen molar-refractivity contribution in [3.63, 3.8) is 0 Å². The number of methoxy groups -OCH3 is 1. The van der Waals surface area contributed by atoms with Crippen LogP contribution in [0.2, 0.25) is 5.15 Å². The van der Waals surface area contributed by atoms with E-state index in [4.69, 9.17) is 16.3 Å². The number of phenolic OH excluding ortho intramolecular Hbond substituents is 1. The molecule has 100 valence electrons. The Kier molecular flexibility index (Phi) is 4.50. The van der Waals surface area contributed by atoms with Gasteiger partial charge in [-0.15, -0.1) is 0 Å². The minimum atomic E-state index is 0.217. The number of hydrogen-bond donors (Lipinski definition) is 2. The number of nitrogens with zero attached hydrogens (tertiary/aromatic N) is 1. The SMILES string of the molecule is COc1ccc(O)c(CNc2cnc(Cl)c(Br)c2)c1. The van der Waals surface area contributed by atoms with Crippen molar-refractivity contribution in [2.75, 3.05) is 12.4 Å². The molecule has 2 rings (SSSR count). The van der Waals surface area contributed by atoms with E-state index in [-0.39, 0.29) is 5.75 Å². The first-order valence-corrected chi connectivity index (χ1v) is 6.68. The highest BCUT2D eigenvalue weighted by atomic mass is 79.9. The van der Waals surface area contributed by atoms with Gasteiger partial charge < -0.3 is 15.2 Å². The Hall–Kier alpha value is -1.46. The maximum absolute atomic E-state index is 9.77. The van der Waals surface area contributed by atoms with Gasteiger partial charge in [0.25, 0.3) is 0 Å². The summed E-state index contributed by atoms with van der Waals surface area (Å²) in [5, 5.41) is 13.3. The van der Waals surface area contributed by atoms with Crippen molar-refractivity contribution < 1.29 is 9.84 Å². The lowest BCUT2D eigenvalue weighted by Gasteiger charge is -2.10. The first-order valence-electron chi connectivity index (χ1n) is 5.51. The molecular weight excluding hydrogens is 332 g/mol. The molecular formula is C13H12BrClN2O2.